The highest BCUT2D eigenvalue weighted by Crippen LogP contribution is 2.59. The molecule has 0 heterocycles. The predicted molar refractivity (Wildman–Crippen MR) is 359 cm³/mol. The fourth-order valence-electron chi connectivity index (χ4n) is 13.8. The summed E-state index contributed by atoms with van der Waals surface area (Å²) in [6.07, 6.45) is 0. The van der Waals surface area contributed by atoms with Gasteiger partial charge in [-0.15, -0.1) is 0 Å². The first-order chi connectivity index (χ1) is 41.4. The SMILES string of the molecule is CC.CC.CC.Cc1cccc(C2(c3ccccc3)c3ccccc3-c3ccccc32)c1.Cc1cccc(C2(c3ccccc3)c3ccccc3-c3ccccc32)c1.Cc1cccc(C2(c3ccccc3)c3ccccc3-c3ccccc32)c1. The van der Waals surface area contributed by atoms with E-state index in [1.165, 1.54) is 117 Å². The zero-order chi connectivity index (χ0) is 58.7. The second kappa shape index (κ2) is 25.8. The Morgan fingerprint density at radius 1 is 0.167 bits per heavy atom. The molecule has 3 aliphatic rings. The molecule has 0 amide bonds. The second-order valence-electron chi connectivity index (χ2n) is 21.2. The van der Waals surface area contributed by atoms with E-state index in [9.17, 15) is 0 Å². The molecule has 0 saturated heterocycles. The van der Waals surface area contributed by atoms with Gasteiger partial charge in [-0.3, -0.25) is 0 Å². The Labute approximate surface area is 501 Å². The van der Waals surface area contributed by atoms with Gasteiger partial charge >= 0.3 is 0 Å². The summed E-state index contributed by atoms with van der Waals surface area (Å²) in [6, 6.07) is 113. The van der Waals surface area contributed by atoms with Crippen LogP contribution in [0.3, 0.4) is 0 Å². The molecule has 0 unspecified atom stereocenters. The van der Waals surface area contributed by atoms with E-state index in [4.69, 9.17) is 0 Å². The maximum atomic E-state index is 2.34. The highest BCUT2D eigenvalue weighted by molar-refractivity contribution is 5.89. The van der Waals surface area contributed by atoms with Gasteiger partial charge in [0.1, 0.15) is 0 Å². The van der Waals surface area contributed by atoms with Crippen molar-refractivity contribution < 1.29 is 0 Å². The Hall–Kier alpha value is -9.36. The molecule has 0 spiro atoms. The lowest BCUT2D eigenvalue weighted by Gasteiger charge is -2.34. The van der Waals surface area contributed by atoms with E-state index in [2.05, 4.69) is 330 Å². The molecule has 414 valence electrons. The van der Waals surface area contributed by atoms with Gasteiger partial charge in [-0.25, -0.2) is 0 Å². The summed E-state index contributed by atoms with van der Waals surface area (Å²) in [5, 5.41) is 0. The monoisotopic (exact) mass is 1090 g/mol. The minimum absolute atomic E-state index is 0.263. The van der Waals surface area contributed by atoms with Crippen molar-refractivity contribution in [3.05, 3.63) is 393 Å². The summed E-state index contributed by atoms with van der Waals surface area (Å²) in [7, 11) is 0. The largest absolute Gasteiger partial charge is 0.0713 e. The molecular formula is C84H78. The molecule has 0 nitrogen and oxygen atoms in total. The van der Waals surface area contributed by atoms with Crippen LogP contribution in [-0.2, 0) is 16.2 Å². The third-order valence-corrected chi connectivity index (χ3v) is 16.8. The van der Waals surface area contributed by atoms with Gasteiger partial charge in [-0.2, -0.15) is 0 Å². The summed E-state index contributed by atoms with van der Waals surface area (Å²) >= 11 is 0. The van der Waals surface area contributed by atoms with E-state index in [0.717, 1.165) is 0 Å². The molecule has 0 fully saturated rings. The van der Waals surface area contributed by atoms with Crippen molar-refractivity contribution in [2.75, 3.05) is 0 Å². The summed E-state index contributed by atoms with van der Waals surface area (Å²) in [5.41, 5.74) is 27.3. The molecule has 0 aliphatic heterocycles. The molecule has 0 saturated carbocycles. The standard InChI is InChI=1S/3C26H20.3C2H6/c3*1-19-10-9-13-21(18-19)26(20-11-3-2-4-12-20)24-16-7-5-14-22(24)23-15-6-8-17-25(23)26;3*1-2/h3*2-18H,1H3;3*1-2H3. The van der Waals surface area contributed by atoms with Crippen LogP contribution in [0.5, 0.6) is 0 Å². The van der Waals surface area contributed by atoms with E-state index in [-0.39, 0.29) is 16.2 Å². The first-order valence-corrected chi connectivity index (χ1v) is 30.4. The van der Waals surface area contributed by atoms with Crippen LogP contribution in [0.4, 0.5) is 0 Å². The van der Waals surface area contributed by atoms with E-state index >= 15 is 0 Å². The zero-order valence-electron chi connectivity index (χ0n) is 50.4. The molecule has 12 aromatic rings. The van der Waals surface area contributed by atoms with E-state index < -0.39 is 0 Å². The molecule has 0 radical (unpaired) electrons. The Kier molecular flexibility index (Phi) is 17.8. The number of rotatable bonds is 6. The van der Waals surface area contributed by atoms with Crippen LogP contribution in [0.1, 0.15) is 125 Å². The topological polar surface area (TPSA) is 0 Å². The first kappa shape index (κ1) is 57.9. The minimum atomic E-state index is -0.263. The average molecular weight is 1090 g/mol. The smallest absolute Gasteiger partial charge is 0.0683 e. The van der Waals surface area contributed by atoms with Gasteiger partial charge < -0.3 is 0 Å². The van der Waals surface area contributed by atoms with Gasteiger partial charge in [-0.05, 0) is 121 Å². The Bertz CT molecular complexity index is 3560. The predicted octanol–water partition coefficient (Wildman–Crippen LogP) is 22.2. The molecule has 0 N–H and O–H groups in total. The van der Waals surface area contributed by atoms with Crippen molar-refractivity contribution in [2.45, 2.75) is 78.6 Å². The van der Waals surface area contributed by atoms with Gasteiger partial charge in [0.25, 0.3) is 0 Å². The number of fused-ring (bicyclic) bond motifs is 9. The Morgan fingerprint density at radius 2 is 0.333 bits per heavy atom. The molecule has 15 rings (SSSR count). The third kappa shape index (κ3) is 9.84. The molecule has 0 atom stereocenters. The summed E-state index contributed by atoms with van der Waals surface area (Å²) in [5.74, 6) is 0. The highest BCUT2D eigenvalue weighted by Gasteiger charge is 2.48. The van der Waals surface area contributed by atoms with Gasteiger partial charge in [0.15, 0.2) is 0 Å². The number of hydrogen-bond donors (Lipinski definition) is 0. The number of aryl methyl sites for hydroxylation is 3. The fraction of sp³-hybridized carbons (Fsp3) is 0.143. The fourth-order valence-corrected chi connectivity index (χ4v) is 13.8. The normalized spacial score (nSPS) is 13.1. The molecule has 3 aliphatic carbocycles. The van der Waals surface area contributed by atoms with Crippen LogP contribution >= 0.6 is 0 Å². The lowest BCUT2D eigenvalue weighted by molar-refractivity contribution is 0.767. The van der Waals surface area contributed by atoms with Crippen molar-refractivity contribution >= 4 is 0 Å². The van der Waals surface area contributed by atoms with Gasteiger partial charge in [0.2, 0.25) is 0 Å². The van der Waals surface area contributed by atoms with E-state index in [1.54, 1.807) is 0 Å². The summed E-state index contributed by atoms with van der Waals surface area (Å²) < 4.78 is 0. The van der Waals surface area contributed by atoms with Crippen molar-refractivity contribution in [2.24, 2.45) is 0 Å². The van der Waals surface area contributed by atoms with Crippen LogP contribution in [-0.4, -0.2) is 0 Å². The van der Waals surface area contributed by atoms with Crippen molar-refractivity contribution in [1.29, 1.82) is 0 Å². The van der Waals surface area contributed by atoms with Crippen molar-refractivity contribution in [3.8, 4) is 33.4 Å². The molecule has 84 heavy (non-hydrogen) atoms. The van der Waals surface area contributed by atoms with Gasteiger partial charge in [-0.1, -0.05) is 368 Å². The van der Waals surface area contributed by atoms with Crippen molar-refractivity contribution in [1.82, 2.24) is 0 Å². The Balaban J connectivity index is 0.000000134. The van der Waals surface area contributed by atoms with Crippen LogP contribution in [0, 0.1) is 20.8 Å². The quantitative estimate of drug-likeness (QED) is 0.156. The van der Waals surface area contributed by atoms with Crippen LogP contribution < -0.4 is 0 Å². The van der Waals surface area contributed by atoms with Crippen LogP contribution in [0.25, 0.3) is 33.4 Å². The zero-order valence-corrected chi connectivity index (χ0v) is 50.4. The Morgan fingerprint density at radius 3 is 0.524 bits per heavy atom. The number of hydrogen-bond acceptors (Lipinski definition) is 0. The maximum absolute atomic E-state index is 2.34. The van der Waals surface area contributed by atoms with Crippen LogP contribution in [0.2, 0.25) is 0 Å². The van der Waals surface area contributed by atoms with E-state index in [1.807, 2.05) is 41.5 Å². The molecule has 0 heteroatoms. The molecule has 0 bridgehead atoms. The third-order valence-electron chi connectivity index (χ3n) is 16.8. The average Bonchev–Trinajstić information content (AvgIpc) is 1.69. The van der Waals surface area contributed by atoms with E-state index in [0.29, 0.717) is 0 Å². The maximum Gasteiger partial charge on any atom is 0.0713 e. The molecule has 12 aromatic carbocycles. The minimum Gasteiger partial charge on any atom is -0.0683 e. The van der Waals surface area contributed by atoms with Crippen LogP contribution in [0.15, 0.2) is 309 Å². The first-order valence-electron chi connectivity index (χ1n) is 30.4. The van der Waals surface area contributed by atoms with Gasteiger partial charge in [0, 0.05) is 0 Å². The number of benzene rings is 12. The lowest BCUT2D eigenvalue weighted by Crippen LogP contribution is -2.28. The highest BCUT2D eigenvalue weighted by atomic mass is 14.5. The molecule has 0 aromatic heterocycles. The lowest BCUT2D eigenvalue weighted by atomic mass is 9.67. The second-order valence-corrected chi connectivity index (χ2v) is 21.2. The summed E-state index contributed by atoms with van der Waals surface area (Å²) in [4.78, 5) is 0. The molecular weight excluding hydrogens is 1010 g/mol. The van der Waals surface area contributed by atoms with Gasteiger partial charge in [0.05, 0.1) is 16.2 Å². The summed E-state index contributed by atoms with van der Waals surface area (Å²) in [6.45, 7) is 18.5. The van der Waals surface area contributed by atoms with Crippen molar-refractivity contribution in [3.63, 3.8) is 0 Å².